The molecule has 1 aromatic rings. The molecule has 0 spiro atoms. The minimum atomic E-state index is -0.539. The number of amides is 1. The van der Waals surface area contributed by atoms with Crippen molar-refractivity contribution in [2.75, 3.05) is 6.61 Å². The molecule has 31 heavy (non-hydrogen) atoms. The van der Waals surface area contributed by atoms with Gasteiger partial charge in [0.05, 0.1) is 12.6 Å². The van der Waals surface area contributed by atoms with Crippen LogP contribution in [0, 0.1) is 11.8 Å². The number of nitrogens with one attached hydrogen (secondary N) is 1. The zero-order valence-corrected chi connectivity index (χ0v) is 19.1. The second-order valence-electron chi connectivity index (χ2n) is 8.24. The molecule has 0 heterocycles. The Bertz CT molecular complexity index is 711. The number of esters is 1. The van der Waals surface area contributed by atoms with Crippen molar-refractivity contribution in [3.05, 3.63) is 48.0 Å². The lowest BCUT2D eigenvalue weighted by Gasteiger charge is -2.22. The highest BCUT2D eigenvalue weighted by atomic mass is 16.5. The summed E-state index contributed by atoms with van der Waals surface area (Å²) in [6.07, 6.45) is 4.78. The van der Waals surface area contributed by atoms with Crippen LogP contribution in [0.5, 0.6) is 0 Å². The maximum absolute atomic E-state index is 12.7. The van der Waals surface area contributed by atoms with Crippen LogP contribution in [0.4, 0.5) is 0 Å². The first-order chi connectivity index (χ1) is 14.8. The smallest absolute Gasteiger partial charge is 0.306 e. The van der Waals surface area contributed by atoms with E-state index in [1.54, 1.807) is 6.92 Å². The first kappa shape index (κ1) is 26.6. The van der Waals surface area contributed by atoms with Crippen LogP contribution in [-0.2, 0) is 32.1 Å². The zero-order chi connectivity index (χ0) is 23.2. The van der Waals surface area contributed by atoms with Crippen LogP contribution in [-0.4, -0.2) is 35.4 Å². The summed E-state index contributed by atoms with van der Waals surface area (Å²) in [5.41, 5.74) is 1.98. The first-order valence-corrected chi connectivity index (χ1v) is 11.1. The van der Waals surface area contributed by atoms with Crippen molar-refractivity contribution in [1.82, 2.24) is 5.32 Å². The molecule has 0 aliphatic carbocycles. The molecule has 0 aromatic heterocycles. The van der Waals surface area contributed by atoms with E-state index in [0.29, 0.717) is 25.7 Å². The maximum atomic E-state index is 12.7. The fraction of sp³-hybridized carbons (Fsp3) is 0.560. The van der Waals surface area contributed by atoms with Crippen molar-refractivity contribution in [2.45, 2.75) is 71.9 Å². The number of Topliss-reactive ketones (excluding diaryl/α,β-unsaturated/α-hetero) is 1. The molecular formula is C25H37NO5. The average molecular weight is 432 g/mol. The molecule has 2 N–H and O–H groups in total. The maximum Gasteiger partial charge on any atom is 0.306 e. The molecule has 0 saturated carbocycles. The third-order valence-electron chi connectivity index (χ3n) is 5.34. The molecular weight excluding hydrogens is 394 g/mol. The number of rotatable bonds is 15. The number of aliphatic hydroxyl groups excluding tert-OH is 1. The van der Waals surface area contributed by atoms with Gasteiger partial charge in [0.25, 0.3) is 0 Å². The van der Waals surface area contributed by atoms with Gasteiger partial charge in [-0.05, 0) is 49.7 Å². The molecule has 1 unspecified atom stereocenters. The third kappa shape index (κ3) is 10.4. The van der Waals surface area contributed by atoms with Crippen molar-refractivity contribution >= 4 is 17.7 Å². The zero-order valence-electron chi connectivity index (χ0n) is 19.1. The Labute approximate surface area is 186 Å². The number of hydrogen-bond acceptors (Lipinski definition) is 5. The monoisotopic (exact) mass is 431 g/mol. The van der Waals surface area contributed by atoms with Gasteiger partial charge in [-0.25, -0.2) is 0 Å². The van der Waals surface area contributed by atoms with E-state index in [-0.39, 0.29) is 49.1 Å². The molecule has 0 aliphatic rings. The van der Waals surface area contributed by atoms with Crippen LogP contribution >= 0.6 is 0 Å². The standard InChI is InChI=1S/C25H37NO5/c1-5-16-31-24(29)11-7-9-22(18(2)3)25(30)26-19(4)23(28)10-6-8-20-12-14-21(17-27)15-13-20/h5,12-15,18-19,22,27H,1,6-11,16-17H2,2-4H3,(H,26,30)/t19?,22-/m0/s1. The van der Waals surface area contributed by atoms with Gasteiger partial charge in [0.1, 0.15) is 6.61 Å². The molecule has 6 nitrogen and oxygen atoms in total. The van der Waals surface area contributed by atoms with E-state index < -0.39 is 6.04 Å². The summed E-state index contributed by atoms with van der Waals surface area (Å²) in [5, 5.41) is 11.9. The van der Waals surface area contributed by atoms with Gasteiger partial charge in [-0.3, -0.25) is 14.4 Å². The summed E-state index contributed by atoms with van der Waals surface area (Å²) in [5.74, 6) is -0.580. The first-order valence-electron chi connectivity index (χ1n) is 11.1. The molecule has 2 atom stereocenters. The molecule has 1 rings (SSSR count). The van der Waals surface area contributed by atoms with Crippen molar-refractivity contribution in [2.24, 2.45) is 11.8 Å². The average Bonchev–Trinajstić information content (AvgIpc) is 2.75. The Balaban J connectivity index is 2.41. The van der Waals surface area contributed by atoms with Crippen molar-refractivity contribution in [3.63, 3.8) is 0 Å². The molecule has 0 aliphatic heterocycles. The Morgan fingerprint density at radius 3 is 2.29 bits per heavy atom. The van der Waals surface area contributed by atoms with Crippen LogP contribution in [0.3, 0.4) is 0 Å². The summed E-state index contributed by atoms with van der Waals surface area (Å²) < 4.78 is 4.96. The van der Waals surface area contributed by atoms with Gasteiger partial charge in [-0.1, -0.05) is 50.8 Å². The van der Waals surface area contributed by atoms with E-state index in [9.17, 15) is 14.4 Å². The van der Waals surface area contributed by atoms with Crippen LogP contribution < -0.4 is 5.32 Å². The Hall–Kier alpha value is -2.47. The molecule has 172 valence electrons. The summed E-state index contributed by atoms with van der Waals surface area (Å²) in [4.78, 5) is 36.7. The highest BCUT2D eigenvalue weighted by molar-refractivity contribution is 5.89. The van der Waals surface area contributed by atoms with Crippen LogP contribution in [0.2, 0.25) is 0 Å². The number of carbonyl (C=O) groups excluding carboxylic acids is 3. The van der Waals surface area contributed by atoms with E-state index >= 15 is 0 Å². The number of aryl methyl sites for hydroxylation is 1. The fourth-order valence-electron chi connectivity index (χ4n) is 3.35. The van der Waals surface area contributed by atoms with Gasteiger partial charge in [0, 0.05) is 18.8 Å². The summed E-state index contributed by atoms with van der Waals surface area (Å²) in [6.45, 7) is 9.38. The van der Waals surface area contributed by atoms with E-state index in [4.69, 9.17) is 9.84 Å². The van der Waals surface area contributed by atoms with Gasteiger partial charge < -0.3 is 15.2 Å². The predicted molar refractivity (Wildman–Crippen MR) is 121 cm³/mol. The number of aliphatic hydroxyl groups is 1. The summed E-state index contributed by atoms with van der Waals surface area (Å²) in [7, 11) is 0. The molecule has 6 heteroatoms. The van der Waals surface area contributed by atoms with Gasteiger partial charge in [-0.2, -0.15) is 0 Å². The molecule has 0 bridgehead atoms. The largest absolute Gasteiger partial charge is 0.461 e. The summed E-state index contributed by atoms with van der Waals surface area (Å²) >= 11 is 0. The van der Waals surface area contributed by atoms with Gasteiger partial charge in [0.15, 0.2) is 5.78 Å². The molecule has 1 amide bonds. The van der Waals surface area contributed by atoms with Gasteiger partial charge >= 0.3 is 5.97 Å². The minimum Gasteiger partial charge on any atom is -0.461 e. The highest BCUT2D eigenvalue weighted by Crippen LogP contribution is 2.19. The van der Waals surface area contributed by atoms with E-state index in [1.807, 2.05) is 38.1 Å². The number of ketones is 1. The quantitative estimate of drug-likeness (QED) is 0.326. The lowest BCUT2D eigenvalue weighted by Crippen LogP contribution is -2.43. The number of ether oxygens (including phenoxy) is 1. The van der Waals surface area contributed by atoms with Crippen molar-refractivity contribution in [1.29, 1.82) is 0 Å². The second-order valence-corrected chi connectivity index (χ2v) is 8.24. The number of benzene rings is 1. The minimum absolute atomic E-state index is 0.0100. The van der Waals surface area contributed by atoms with E-state index in [0.717, 1.165) is 17.5 Å². The lowest BCUT2D eigenvalue weighted by atomic mass is 9.89. The Kier molecular flexibility index (Phi) is 12.4. The SMILES string of the molecule is C=CCOC(=O)CCC[C@H](C(=O)NC(C)C(=O)CCCc1ccc(CO)cc1)C(C)C. The normalized spacial score (nSPS) is 12.8. The Morgan fingerprint density at radius 1 is 1.06 bits per heavy atom. The number of carbonyl (C=O) groups is 3. The Morgan fingerprint density at radius 2 is 1.71 bits per heavy atom. The van der Waals surface area contributed by atoms with Crippen LogP contribution in [0.15, 0.2) is 36.9 Å². The molecule has 0 saturated heterocycles. The number of hydrogen-bond donors (Lipinski definition) is 2. The van der Waals surface area contributed by atoms with E-state index in [1.165, 1.54) is 6.08 Å². The third-order valence-corrected chi connectivity index (χ3v) is 5.34. The summed E-state index contributed by atoms with van der Waals surface area (Å²) in [6, 6.07) is 7.14. The second kappa shape index (κ2) is 14.5. The topological polar surface area (TPSA) is 92.7 Å². The van der Waals surface area contributed by atoms with Gasteiger partial charge in [-0.15, -0.1) is 0 Å². The van der Waals surface area contributed by atoms with Crippen LogP contribution in [0.1, 0.15) is 64.0 Å². The predicted octanol–water partition coefficient (Wildman–Crippen LogP) is 3.75. The van der Waals surface area contributed by atoms with E-state index in [2.05, 4.69) is 11.9 Å². The fourth-order valence-corrected chi connectivity index (χ4v) is 3.35. The van der Waals surface area contributed by atoms with Gasteiger partial charge in [0.2, 0.25) is 5.91 Å². The molecule has 0 radical (unpaired) electrons. The van der Waals surface area contributed by atoms with Crippen molar-refractivity contribution in [3.8, 4) is 0 Å². The highest BCUT2D eigenvalue weighted by Gasteiger charge is 2.25. The van der Waals surface area contributed by atoms with Crippen LogP contribution in [0.25, 0.3) is 0 Å². The lowest BCUT2D eigenvalue weighted by molar-refractivity contribution is -0.142. The molecule has 0 fully saturated rings. The van der Waals surface area contributed by atoms with Crippen molar-refractivity contribution < 1.29 is 24.2 Å². The molecule has 1 aromatic carbocycles.